The Hall–Kier alpha value is -1.83. The standard InChI is InChI=1S/C16H15NO2S/c18-10-2-4-13-7-8-14(20-13)11-17-15-5-1-3-12(15)6-9-16(17)19/h6-9,18H,1,3,5,10-11H2. The van der Waals surface area contributed by atoms with E-state index in [1.165, 1.54) is 11.3 Å². The number of aromatic nitrogens is 1. The predicted octanol–water partition coefficient (Wildman–Crippen LogP) is 1.79. The Labute approximate surface area is 121 Å². The van der Waals surface area contributed by atoms with Gasteiger partial charge in [-0.3, -0.25) is 4.79 Å². The summed E-state index contributed by atoms with van der Waals surface area (Å²) in [4.78, 5) is 14.1. The highest BCUT2D eigenvalue weighted by Gasteiger charge is 2.16. The fourth-order valence-corrected chi connectivity index (χ4v) is 3.49. The third kappa shape index (κ3) is 2.55. The number of hydrogen-bond acceptors (Lipinski definition) is 3. The van der Waals surface area contributed by atoms with E-state index in [1.54, 1.807) is 17.4 Å². The summed E-state index contributed by atoms with van der Waals surface area (Å²) in [7, 11) is 0. The summed E-state index contributed by atoms with van der Waals surface area (Å²) in [6.45, 7) is 0.492. The minimum atomic E-state index is -0.126. The highest BCUT2D eigenvalue weighted by atomic mass is 32.1. The van der Waals surface area contributed by atoms with Gasteiger partial charge in [0.25, 0.3) is 5.56 Å². The molecule has 2 aromatic rings. The van der Waals surface area contributed by atoms with Gasteiger partial charge < -0.3 is 9.67 Å². The van der Waals surface area contributed by atoms with Crippen molar-refractivity contribution < 1.29 is 5.11 Å². The number of pyridine rings is 1. The largest absolute Gasteiger partial charge is 0.384 e. The van der Waals surface area contributed by atoms with Gasteiger partial charge in [-0.05, 0) is 37.0 Å². The van der Waals surface area contributed by atoms with Crippen molar-refractivity contribution >= 4 is 11.3 Å². The molecule has 3 rings (SSSR count). The van der Waals surface area contributed by atoms with Gasteiger partial charge in [0, 0.05) is 16.6 Å². The van der Waals surface area contributed by atoms with Crippen molar-refractivity contribution in [1.29, 1.82) is 0 Å². The lowest BCUT2D eigenvalue weighted by atomic mass is 10.2. The molecule has 1 N–H and O–H groups in total. The Morgan fingerprint density at radius 2 is 2.15 bits per heavy atom. The van der Waals surface area contributed by atoms with Crippen molar-refractivity contribution in [3.8, 4) is 11.8 Å². The van der Waals surface area contributed by atoms with Gasteiger partial charge in [-0.1, -0.05) is 17.9 Å². The van der Waals surface area contributed by atoms with Crippen LogP contribution in [0.25, 0.3) is 0 Å². The monoisotopic (exact) mass is 285 g/mol. The van der Waals surface area contributed by atoms with E-state index in [4.69, 9.17) is 5.11 Å². The summed E-state index contributed by atoms with van der Waals surface area (Å²) < 4.78 is 1.89. The Kier molecular flexibility index (Phi) is 3.72. The molecule has 3 nitrogen and oxygen atoms in total. The van der Waals surface area contributed by atoms with Crippen LogP contribution in [0.3, 0.4) is 0 Å². The molecule has 0 bridgehead atoms. The number of fused-ring (bicyclic) bond motifs is 1. The van der Waals surface area contributed by atoms with Crippen LogP contribution in [-0.2, 0) is 19.4 Å². The number of nitrogens with zero attached hydrogens (tertiary/aromatic N) is 1. The molecule has 1 aliphatic rings. The zero-order chi connectivity index (χ0) is 13.9. The molecule has 0 atom stereocenters. The molecule has 1 aliphatic carbocycles. The molecule has 0 fully saturated rings. The van der Waals surface area contributed by atoms with E-state index in [1.807, 2.05) is 22.8 Å². The first-order valence-corrected chi connectivity index (χ1v) is 7.49. The molecular formula is C16H15NO2S. The van der Waals surface area contributed by atoms with Crippen LogP contribution in [0, 0.1) is 11.8 Å². The summed E-state index contributed by atoms with van der Waals surface area (Å²) in [5.74, 6) is 5.54. The maximum absolute atomic E-state index is 12.1. The molecule has 0 saturated carbocycles. The molecule has 0 radical (unpaired) electrons. The van der Waals surface area contributed by atoms with Crippen molar-refractivity contribution in [3.05, 3.63) is 55.6 Å². The first kappa shape index (κ1) is 13.2. The van der Waals surface area contributed by atoms with E-state index < -0.39 is 0 Å². The second kappa shape index (κ2) is 5.66. The number of thiophene rings is 1. The van der Waals surface area contributed by atoms with Crippen LogP contribution in [0.1, 0.15) is 27.4 Å². The summed E-state index contributed by atoms with van der Waals surface area (Å²) in [6, 6.07) is 7.59. The molecule has 4 heteroatoms. The van der Waals surface area contributed by atoms with E-state index in [2.05, 4.69) is 11.8 Å². The number of aryl methyl sites for hydroxylation is 1. The topological polar surface area (TPSA) is 42.2 Å². The van der Waals surface area contributed by atoms with Crippen LogP contribution in [0.2, 0.25) is 0 Å². The van der Waals surface area contributed by atoms with Gasteiger partial charge in [0.15, 0.2) is 0 Å². The second-order valence-electron chi connectivity index (χ2n) is 4.81. The number of aliphatic hydroxyl groups is 1. The van der Waals surface area contributed by atoms with E-state index >= 15 is 0 Å². The maximum atomic E-state index is 12.1. The van der Waals surface area contributed by atoms with E-state index in [0.717, 1.165) is 29.0 Å². The van der Waals surface area contributed by atoms with Gasteiger partial charge in [-0.25, -0.2) is 0 Å². The maximum Gasteiger partial charge on any atom is 0.251 e. The quantitative estimate of drug-likeness (QED) is 0.855. The number of rotatable bonds is 2. The van der Waals surface area contributed by atoms with Crippen molar-refractivity contribution in [2.24, 2.45) is 0 Å². The summed E-state index contributed by atoms with van der Waals surface area (Å²) in [5, 5.41) is 8.70. The van der Waals surface area contributed by atoms with E-state index in [0.29, 0.717) is 6.54 Å². The molecule has 0 spiro atoms. The van der Waals surface area contributed by atoms with Crippen LogP contribution in [0.4, 0.5) is 0 Å². The molecule has 20 heavy (non-hydrogen) atoms. The SMILES string of the molecule is O=c1ccc2c(n1Cc1ccc(C#CCO)s1)CCC2. The summed E-state index contributed by atoms with van der Waals surface area (Å²) in [5.41, 5.74) is 2.57. The average molecular weight is 285 g/mol. The number of aliphatic hydroxyl groups excluding tert-OH is 1. The van der Waals surface area contributed by atoms with Crippen LogP contribution in [0.5, 0.6) is 0 Å². The van der Waals surface area contributed by atoms with Gasteiger partial charge in [0.2, 0.25) is 0 Å². The molecule has 0 saturated heterocycles. The van der Waals surface area contributed by atoms with E-state index in [9.17, 15) is 4.79 Å². The zero-order valence-electron chi connectivity index (χ0n) is 11.1. The summed E-state index contributed by atoms with van der Waals surface area (Å²) in [6.07, 6.45) is 3.21. The average Bonchev–Trinajstić information content (AvgIpc) is 3.08. The normalized spacial score (nSPS) is 12.8. The minimum absolute atomic E-state index is 0.0713. The van der Waals surface area contributed by atoms with Gasteiger partial charge in [0.1, 0.15) is 6.61 Å². The minimum Gasteiger partial charge on any atom is -0.384 e. The lowest BCUT2D eigenvalue weighted by Gasteiger charge is -2.10. The van der Waals surface area contributed by atoms with Crippen molar-refractivity contribution in [2.45, 2.75) is 25.8 Å². The molecule has 2 heterocycles. The van der Waals surface area contributed by atoms with Crippen molar-refractivity contribution in [1.82, 2.24) is 4.57 Å². The molecule has 102 valence electrons. The van der Waals surface area contributed by atoms with E-state index in [-0.39, 0.29) is 12.2 Å². The molecule has 0 unspecified atom stereocenters. The van der Waals surface area contributed by atoms with Gasteiger partial charge in [-0.15, -0.1) is 11.3 Å². The van der Waals surface area contributed by atoms with Crippen molar-refractivity contribution in [3.63, 3.8) is 0 Å². The molecule has 0 amide bonds. The molecular weight excluding hydrogens is 270 g/mol. The first-order chi connectivity index (χ1) is 9.78. The fraction of sp³-hybridized carbons (Fsp3) is 0.312. The third-order valence-corrected chi connectivity index (χ3v) is 4.50. The second-order valence-corrected chi connectivity index (χ2v) is 5.98. The lowest BCUT2D eigenvalue weighted by molar-refractivity contribution is 0.350. The molecule has 2 aromatic heterocycles. The predicted molar refractivity (Wildman–Crippen MR) is 80.1 cm³/mol. The van der Waals surface area contributed by atoms with Crippen LogP contribution >= 0.6 is 11.3 Å². The molecule has 0 aliphatic heterocycles. The first-order valence-electron chi connectivity index (χ1n) is 6.68. The van der Waals surface area contributed by atoms with Crippen molar-refractivity contribution in [2.75, 3.05) is 6.61 Å². The van der Waals surface area contributed by atoms with Gasteiger partial charge in [-0.2, -0.15) is 0 Å². The third-order valence-electron chi connectivity index (χ3n) is 3.52. The smallest absolute Gasteiger partial charge is 0.251 e. The van der Waals surface area contributed by atoms with Gasteiger partial charge in [0.05, 0.1) is 11.4 Å². The Balaban J connectivity index is 1.90. The number of hydrogen-bond donors (Lipinski definition) is 1. The fourth-order valence-electron chi connectivity index (χ4n) is 2.62. The van der Waals surface area contributed by atoms with Gasteiger partial charge >= 0.3 is 0 Å². The summed E-state index contributed by atoms with van der Waals surface area (Å²) >= 11 is 1.58. The molecule has 0 aromatic carbocycles. The zero-order valence-corrected chi connectivity index (χ0v) is 11.9. The highest BCUT2D eigenvalue weighted by molar-refractivity contribution is 7.12. The van der Waals surface area contributed by atoms with Crippen LogP contribution in [0.15, 0.2) is 29.1 Å². The Bertz CT molecular complexity index is 746. The van der Waals surface area contributed by atoms with Crippen LogP contribution in [-0.4, -0.2) is 16.3 Å². The Morgan fingerprint density at radius 3 is 3.00 bits per heavy atom. The highest BCUT2D eigenvalue weighted by Crippen LogP contribution is 2.22. The Morgan fingerprint density at radius 1 is 1.25 bits per heavy atom. The lowest BCUT2D eigenvalue weighted by Crippen LogP contribution is -2.22. The van der Waals surface area contributed by atoms with Crippen LogP contribution < -0.4 is 5.56 Å².